The van der Waals surface area contributed by atoms with Crippen molar-refractivity contribution in [1.82, 2.24) is 9.36 Å². The number of nitrogens with zero attached hydrogens (tertiary/aromatic N) is 2. The van der Waals surface area contributed by atoms with E-state index in [0.29, 0.717) is 11.0 Å². The normalized spacial score (nSPS) is 10.3. The molecule has 0 saturated carbocycles. The lowest BCUT2D eigenvalue weighted by molar-refractivity contribution is 0.0996. The zero-order valence-corrected chi connectivity index (χ0v) is 10.6. The van der Waals surface area contributed by atoms with E-state index in [1.165, 1.54) is 6.26 Å². The Labute approximate surface area is 113 Å². The Bertz CT molecular complexity index is 677. The number of furan rings is 1. The first-order valence-electron chi connectivity index (χ1n) is 5.57. The lowest BCUT2D eigenvalue weighted by Gasteiger charge is -1.96. The molecule has 0 unspecified atom stereocenters. The lowest BCUT2D eigenvalue weighted by Crippen LogP contribution is -2.10. The molecule has 3 rings (SSSR count). The first-order chi connectivity index (χ1) is 9.33. The van der Waals surface area contributed by atoms with Crippen LogP contribution < -0.4 is 5.32 Å². The second kappa shape index (κ2) is 5.03. The molecule has 94 valence electrons. The molecule has 0 bridgehead atoms. The number of carbonyl (C=O) groups excluding carboxylic acids is 1. The standard InChI is InChI=1S/C13H9N3O2S/c17-12(10-7-4-8-18-10)15-13-14-11(16-19-13)9-5-2-1-3-6-9/h1-8H,(H,14,15,16,17). The third-order valence-electron chi connectivity index (χ3n) is 2.42. The van der Waals surface area contributed by atoms with Crippen LogP contribution in [-0.4, -0.2) is 15.3 Å². The first-order valence-corrected chi connectivity index (χ1v) is 6.34. The molecule has 2 heterocycles. The number of nitrogens with one attached hydrogen (secondary N) is 1. The SMILES string of the molecule is O=C(Nc1nc(-c2ccccc2)ns1)c1ccco1. The third kappa shape index (κ3) is 2.53. The molecular weight excluding hydrogens is 262 g/mol. The second-order valence-corrected chi connectivity index (χ2v) is 4.47. The molecule has 1 amide bonds. The Morgan fingerprint density at radius 2 is 2.00 bits per heavy atom. The van der Waals surface area contributed by atoms with Crippen LogP contribution in [0.5, 0.6) is 0 Å². The quantitative estimate of drug-likeness (QED) is 0.795. The maximum atomic E-state index is 11.8. The number of hydrogen-bond acceptors (Lipinski definition) is 5. The van der Waals surface area contributed by atoms with E-state index in [1.807, 2.05) is 30.3 Å². The maximum absolute atomic E-state index is 11.8. The van der Waals surface area contributed by atoms with Gasteiger partial charge in [-0.3, -0.25) is 10.1 Å². The fraction of sp³-hybridized carbons (Fsp3) is 0. The Balaban J connectivity index is 1.77. The van der Waals surface area contributed by atoms with Crippen LogP contribution in [0.1, 0.15) is 10.6 Å². The largest absolute Gasteiger partial charge is 0.459 e. The molecule has 5 nitrogen and oxygen atoms in total. The van der Waals surface area contributed by atoms with Gasteiger partial charge in [-0.15, -0.1) is 0 Å². The van der Waals surface area contributed by atoms with Crippen LogP contribution in [0.2, 0.25) is 0 Å². The van der Waals surface area contributed by atoms with Crippen molar-refractivity contribution in [3.63, 3.8) is 0 Å². The van der Waals surface area contributed by atoms with Gasteiger partial charge in [0.2, 0.25) is 5.13 Å². The van der Waals surface area contributed by atoms with Crippen LogP contribution in [0, 0.1) is 0 Å². The molecule has 3 aromatic rings. The van der Waals surface area contributed by atoms with Gasteiger partial charge in [0, 0.05) is 17.1 Å². The highest BCUT2D eigenvalue weighted by Gasteiger charge is 2.12. The van der Waals surface area contributed by atoms with Crippen molar-refractivity contribution in [2.75, 3.05) is 5.32 Å². The van der Waals surface area contributed by atoms with Gasteiger partial charge in [-0.2, -0.15) is 9.36 Å². The summed E-state index contributed by atoms with van der Waals surface area (Å²) in [6.45, 7) is 0. The summed E-state index contributed by atoms with van der Waals surface area (Å²) in [5.74, 6) is 0.512. The fourth-order valence-corrected chi connectivity index (χ4v) is 2.13. The average molecular weight is 271 g/mol. The summed E-state index contributed by atoms with van der Waals surface area (Å²) in [6, 6.07) is 12.8. The summed E-state index contributed by atoms with van der Waals surface area (Å²) in [6.07, 6.45) is 1.45. The van der Waals surface area contributed by atoms with Crippen molar-refractivity contribution in [3.05, 3.63) is 54.5 Å². The predicted molar refractivity (Wildman–Crippen MR) is 72.0 cm³/mol. The van der Waals surface area contributed by atoms with Gasteiger partial charge in [0.15, 0.2) is 11.6 Å². The van der Waals surface area contributed by atoms with E-state index >= 15 is 0 Å². The topological polar surface area (TPSA) is 68.0 Å². The summed E-state index contributed by atoms with van der Waals surface area (Å²) in [5, 5.41) is 3.09. The van der Waals surface area contributed by atoms with Crippen molar-refractivity contribution in [1.29, 1.82) is 0 Å². The number of amides is 1. The number of aromatic nitrogens is 2. The van der Waals surface area contributed by atoms with Gasteiger partial charge in [0.1, 0.15) is 0 Å². The highest BCUT2D eigenvalue weighted by molar-refractivity contribution is 7.10. The van der Waals surface area contributed by atoms with Gasteiger partial charge in [0.05, 0.1) is 6.26 Å². The molecule has 6 heteroatoms. The lowest BCUT2D eigenvalue weighted by atomic mass is 10.2. The molecule has 0 saturated heterocycles. The smallest absolute Gasteiger partial charge is 0.293 e. The number of carbonyl (C=O) groups is 1. The summed E-state index contributed by atoms with van der Waals surface area (Å²) >= 11 is 1.14. The van der Waals surface area contributed by atoms with Crippen molar-refractivity contribution < 1.29 is 9.21 Å². The minimum Gasteiger partial charge on any atom is -0.459 e. The Hall–Kier alpha value is -2.47. The molecule has 0 aliphatic rings. The fourth-order valence-electron chi connectivity index (χ4n) is 1.55. The van der Waals surface area contributed by atoms with E-state index in [-0.39, 0.29) is 11.7 Å². The molecule has 0 spiro atoms. The summed E-state index contributed by atoms with van der Waals surface area (Å²) in [7, 11) is 0. The van der Waals surface area contributed by atoms with Crippen molar-refractivity contribution in [2.45, 2.75) is 0 Å². The number of benzene rings is 1. The van der Waals surface area contributed by atoms with Crippen LogP contribution in [-0.2, 0) is 0 Å². The molecule has 2 aromatic heterocycles. The average Bonchev–Trinajstić information content (AvgIpc) is 3.11. The van der Waals surface area contributed by atoms with Crippen LogP contribution >= 0.6 is 11.5 Å². The summed E-state index contributed by atoms with van der Waals surface area (Å²) in [5.41, 5.74) is 0.914. The van der Waals surface area contributed by atoms with Gasteiger partial charge >= 0.3 is 0 Å². The molecule has 19 heavy (non-hydrogen) atoms. The minimum absolute atomic E-state index is 0.247. The van der Waals surface area contributed by atoms with E-state index in [9.17, 15) is 4.79 Å². The number of rotatable bonds is 3. The Morgan fingerprint density at radius 3 is 2.74 bits per heavy atom. The van der Waals surface area contributed by atoms with E-state index in [2.05, 4.69) is 14.7 Å². The second-order valence-electron chi connectivity index (χ2n) is 3.72. The third-order valence-corrected chi connectivity index (χ3v) is 3.05. The van der Waals surface area contributed by atoms with Crippen LogP contribution in [0.15, 0.2) is 53.1 Å². The molecule has 1 aromatic carbocycles. The van der Waals surface area contributed by atoms with E-state index < -0.39 is 0 Å². The van der Waals surface area contributed by atoms with E-state index in [1.54, 1.807) is 12.1 Å². The highest BCUT2D eigenvalue weighted by Crippen LogP contribution is 2.21. The van der Waals surface area contributed by atoms with Gasteiger partial charge in [-0.05, 0) is 12.1 Å². The maximum Gasteiger partial charge on any atom is 0.293 e. The van der Waals surface area contributed by atoms with Crippen molar-refractivity contribution >= 4 is 22.6 Å². The number of hydrogen-bond donors (Lipinski definition) is 1. The predicted octanol–water partition coefficient (Wildman–Crippen LogP) is 3.05. The van der Waals surface area contributed by atoms with E-state index in [4.69, 9.17) is 4.42 Å². The Morgan fingerprint density at radius 1 is 1.16 bits per heavy atom. The van der Waals surface area contributed by atoms with Gasteiger partial charge in [-0.25, -0.2) is 0 Å². The van der Waals surface area contributed by atoms with E-state index in [0.717, 1.165) is 17.1 Å². The Kier molecular flexibility index (Phi) is 3.07. The molecule has 0 aliphatic heterocycles. The van der Waals surface area contributed by atoms with Crippen LogP contribution in [0.4, 0.5) is 5.13 Å². The van der Waals surface area contributed by atoms with Crippen LogP contribution in [0.25, 0.3) is 11.4 Å². The minimum atomic E-state index is -0.333. The van der Waals surface area contributed by atoms with Gasteiger partial charge < -0.3 is 4.42 Å². The van der Waals surface area contributed by atoms with Gasteiger partial charge in [0.25, 0.3) is 5.91 Å². The molecule has 0 radical (unpaired) electrons. The molecule has 1 N–H and O–H groups in total. The first kappa shape index (κ1) is 11.6. The summed E-state index contributed by atoms with van der Waals surface area (Å²) < 4.78 is 9.21. The highest BCUT2D eigenvalue weighted by atomic mass is 32.1. The number of anilines is 1. The molecule has 0 atom stereocenters. The molecule has 0 fully saturated rings. The molecular formula is C13H9N3O2S. The monoisotopic (exact) mass is 271 g/mol. The van der Waals surface area contributed by atoms with Crippen molar-refractivity contribution in [3.8, 4) is 11.4 Å². The zero-order chi connectivity index (χ0) is 13.1. The molecule has 0 aliphatic carbocycles. The van der Waals surface area contributed by atoms with Crippen molar-refractivity contribution in [2.24, 2.45) is 0 Å². The summed E-state index contributed by atoms with van der Waals surface area (Å²) in [4.78, 5) is 16.0. The van der Waals surface area contributed by atoms with Crippen LogP contribution in [0.3, 0.4) is 0 Å². The zero-order valence-electron chi connectivity index (χ0n) is 9.74. The van der Waals surface area contributed by atoms with Gasteiger partial charge in [-0.1, -0.05) is 30.3 Å².